The van der Waals surface area contributed by atoms with Crippen molar-refractivity contribution >= 4 is 17.8 Å². The van der Waals surface area contributed by atoms with Crippen LogP contribution in [0.4, 0.5) is 0 Å². The number of carbonyl (C=O) groups excluding carboxylic acids is 2. The van der Waals surface area contributed by atoms with Crippen molar-refractivity contribution in [3.05, 3.63) is 35.9 Å². The average molecular weight is 332 g/mol. The van der Waals surface area contributed by atoms with Crippen LogP contribution in [0.2, 0.25) is 0 Å². The number of nitrogens with zero attached hydrogens (tertiary/aromatic N) is 1. The van der Waals surface area contributed by atoms with Gasteiger partial charge in [0, 0.05) is 25.6 Å². The van der Waals surface area contributed by atoms with E-state index in [9.17, 15) is 14.4 Å². The molecule has 2 N–H and O–H groups in total. The first kappa shape index (κ1) is 18.0. The fraction of sp³-hybridized carbons (Fsp3) is 0.500. The highest BCUT2D eigenvalue weighted by atomic mass is 16.4. The van der Waals surface area contributed by atoms with Crippen LogP contribution < -0.4 is 5.32 Å². The summed E-state index contributed by atoms with van der Waals surface area (Å²) in [5, 5.41) is 11.9. The van der Waals surface area contributed by atoms with Crippen molar-refractivity contribution in [2.45, 2.75) is 38.6 Å². The standard InChI is InChI=1S/C18H24N2O4/c1-13-7-8-15(18(23)24)12-20(13)17(22)9-10-19-16(21)11-14-5-3-2-4-6-14/h2-6,13,15H,7-12H2,1H3,(H,19,21)(H,23,24). The summed E-state index contributed by atoms with van der Waals surface area (Å²) in [7, 11) is 0. The highest BCUT2D eigenvalue weighted by molar-refractivity contribution is 5.81. The number of carboxylic acid groups (broad SMARTS) is 1. The molecular formula is C18H24N2O4. The van der Waals surface area contributed by atoms with Crippen molar-refractivity contribution in [2.24, 2.45) is 5.92 Å². The normalized spacial score (nSPS) is 20.5. The Bertz CT molecular complexity index is 588. The lowest BCUT2D eigenvalue weighted by Crippen LogP contribution is -2.48. The molecule has 2 rings (SSSR count). The van der Waals surface area contributed by atoms with E-state index in [0.717, 1.165) is 5.56 Å². The fourth-order valence-electron chi connectivity index (χ4n) is 2.95. The van der Waals surface area contributed by atoms with E-state index in [1.165, 1.54) is 0 Å². The molecule has 0 bridgehead atoms. The number of likely N-dealkylation sites (tertiary alicyclic amines) is 1. The molecule has 0 aromatic heterocycles. The van der Waals surface area contributed by atoms with Crippen molar-refractivity contribution in [1.29, 1.82) is 0 Å². The first-order valence-corrected chi connectivity index (χ1v) is 8.30. The molecule has 1 saturated heterocycles. The van der Waals surface area contributed by atoms with Crippen LogP contribution in [-0.4, -0.2) is 46.9 Å². The minimum absolute atomic E-state index is 0.0492. The molecule has 6 heteroatoms. The van der Waals surface area contributed by atoms with Crippen LogP contribution in [0, 0.1) is 5.92 Å². The Kier molecular flexibility index (Phi) is 6.35. The van der Waals surface area contributed by atoms with Crippen molar-refractivity contribution in [1.82, 2.24) is 10.2 Å². The van der Waals surface area contributed by atoms with Crippen LogP contribution in [0.3, 0.4) is 0 Å². The summed E-state index contributed by atoms with van der Waals surface area (Å²) in [6.45, 7) is 2.46. The minimum Gasteiger partial charge on any atom is -0.481 e. The maximum atomic E-state index is 12.3. The molecule has 6 nitrogen and oxygen atoms in total. The number of nitrogens with one attached hydrogen (secondary N) is 1. The number of carbonyl (C=O) groups is 3. The van der Waals surface area contributed by atoms with Crippen molar-refractivity contribution in [2.75, 3.05) is 13.1 Å². The maximum Gasteiger partial charge on any atom is 0.308 e. The molecule has 0 spiro atoms. The van der Waals surface area contributed by atoms with E-state index in [2.05, 4.69) is 5.32 Å². The summed E-state index contributed by atoms with van der Waals surface area (Å²) in [5.74, 6) is -1.56. The maximum absolute atomic E-state index is 12.3. The number of benzene rings is 1. The Hall–Kier alpha value is -2.37. The van der Waals surface area contributed by atoms with Gasteiger partial charge in [-0.3, -0.25) is 14.4 Å². The third-order valence-corrected chi connectivity index (χ3v) is 4.42. The molecule has 0 aliphatic carbocycles. The van der Waals surface area contributed by atoms with Gasteiger partial charge in [0.15, 0.2) is 0 Å². The molecule has 0 radical (unpaired) electrons. The van der Waals surface area contributed by atoms with Crippen molar-refractivity contribution < 1.29 is 19.5 Å². The van der Waals surface area contributed by atoms with Gasteiger partial charge in [0.1, 0.15) is 0 Å². The molecule has 1 aromatic rings. The number of carboxylic acids is 1. The summed E-state index contributed by atoms with van der Waals surface area (Å²) in [5.41, 5.74) is 0.926. The van der Waals surface area contributed by atoms with Crippen LogP contribution >= 0.6 is 0 Å². The third kappa shape index (κ3) is 5.08. The van der Waals surface area contributed by atoms with Crippen LogP contribution in [0.5, 0.6) is 0 Å². The Labute approximate surface area is 141 Å². The van der Waals surface area contributed by atoms with Gasteiger partial charge in [0.05, 0.1) is 12.3 Å². The highest BCUT2D eigenvalue weighted by Crippen LogP contribution is 2.22. The number of rotatable bonds is 6. The molecule has 130 valence electrons. The van der Waals surface area contributed by atoms with E-state index < -0.39 is 11.9 Å². The predicted molar refractivity (Wildman–Crippen MR) is 89.3 cm³/mol. The second-order valence-electron chi connectivity index (χ2n) is 6.27. The first-order valence-electron chi connectivity index (χ1n) is 8.30. The van der Waals surface area contributed by atoms with E-state index >= 15 is 0 Å². The van der Waals surface area contributed by atoms with E-state index in [0.29, 0.717) is 12.8 Å². The van der Waals surface area contributed by atoms with Crippen LogP contribution in [0.15, 0.2) is 30.3 Å². The Morgan fingerprint density at radius 2 is 1.92 bits per heavy atom. The smallest absolute Gasteiger partial charge is 0.308 e. The van der Waals surface area contributed by atoms with Gasteiger partial charge in [-0.05, 0) is 25.3 Å². The summed E-state index contributed by atoms with van der Waals surface area (Å²) in [4.78, 5) is 36.9. The van der Waals surface area contributed by atoms with Crippen molar-refractivity contribution in [3.8, 4) is 0 Å². The van der Waals surface area contributed by atoms with E-state index in [-0.39, 0.29) is 43.8 Å². The quantitative estimate of drug-likeness (QED) is 0.825. The molecule has 2 atom stereocenters. The molecule has 2 unspecified atom stereocenters. The van der Waals surface area contributed by atoms with E-state index in [1.807, 2.05) is 37.3 Å². The van der Waals surface area contributed by atoms with Crippen LogP contribution in [0.1, 0.15) is 31.7 Å². The van der Waals surface area contributed by atoms with Crippen molar-refractivity contribution in [3.63, 3.8) is 0 Å². The summed E-state index contributed by atoms with van der Waals surface area (Å²) in [6, 6.07) is 9.46. The van der Waals surface area contributed by atoms with Gasteiger partial charge in [0.25, 0.3) is 0 Å². The van der Waals surface area contributed by atoms with Gasteiger partial charge >= 0.3 is 5.97 Å². The molecule has 1 aromatic carbocycles. The SMILES string of the molecule is CC1CCC(C(=O)O)CN1C(=O)CCNC(=O)Cc1ccccc1. The highest BCUT2D eigenvalue weighted by Gasteiger charge is 2.32. The van der Waals surface area contributed by atoms with Gasteiger partial charge in [-0.25, -0.2) is 0 Å². The Balaban J connectivity index is 1.75. The zero-order valence-corrected chi connectivity index (χ0v) is 13.9. The second kappa shape index (κ2) is 8.47. The largest absolute Gasteiger partial charge is 0.481 e. The molecule has 2 amide bonds. The lowest BCUT2D eigenvalue weighted by atomic mass is 9.93. The number of piperidine rings is 1. The predicted octanol–water partition coefficient (Wildman–Crippen LogP) is 1.45. The zero-order valence-electron chi connectivity index (χ0n) is 13.9. The Morgan fingerprint density at radius 3 is 2.58 bits per heavy atom. The Morgan fingerprint density at radius 1 is 1.21 bits per heavy atom. The average Bonchev–Trinajstić information content (AvgIpc) is 2.55. The zero-order chi connectivity index (χ0) is 17.5. The fourth-order valence-corrected chi connectivity index (χ4v) is 2.95. The lowest BCUT2D eigenvalue weighted by molar-refractivity contribution is -0.147. The molecule has 1 heterocycles. The first-order chi connectivity index (χ1) is 11.5. The van der Waals surface area contributed by atoms with Gasteiger partial charge in [-0.15, -0.1) is 0 Å². The van der Waals surface area contributed by atoms with Gasteiger partial charge in [-0.2, -0.15) is 0 Å². The number of hydrogen-bond donors (Lipinski definition) is 2. The van der Waals surface area contributed by atoms with E-state index in [4.69, 9.17) is 5.11 Å². The molecule has 1 aliphatic rings. The minimum atomic E-state index is -0.851. The molecule has 0 saturated carbocycles. The summed E-state index contributed by atoms with van der Waals surface area (Å²) < 4.78 is 0. The molecule has 24 heavy (non-hydrogen) atoms. The third-order valence-electron chi connectivity index (χ3n) is 4.42. The van der Waals surface area contributed by atoms with Crippen LogP contribution in [-0.2, 0) is 20.8 Å². The topological polar surface area (TPSA) is 86.7 Å². The monoisotopic (exact) mass is 332 g/mol. The number of aliphatic carboxylic acids is 1. The molecule has 1 fully saturated rings. The van der Waals surface area contributed by atoms with E-state index in [1.54, 1.807) is 4.90 Å². The van der Waals surface area contributed by atoms with Gasteiger partial charge in [0.2, 0.25) is 11.8 Å². The molecule has 1 aliphatic heterocycles. The summed E-state index contributed by atoms with van der Waals surface area (Å²) >= 11 is 0. The lowest BCUT2D eigenvalue weighted by Gasteiger charge is -2.36. The molecular weight excluding hydrogens is 308 g/mol. The van der Waals surface area contributed by atoms with Crippen LogP contribution in [0.25, 0.3) is 0 Å². The second-order valence-corrected chi connectivity index (χ2v) is 6.27. The summed E-state index contributed by atoms with van der Waals surface area (Å²) in [6.07, 6.45) is 1.78. The number of amides is 2. The number of hydrogen-bond acceptors (Lipinski definition) is 3. The van der Waals surface area contributed by atoms with Gasteiger partial charge < -0.3 is 15.3 Å². The van der Waals surface area contributed by atoms with Gasteiger partial charge in [-0.1, -0.05) is 30.3 Å².